The third kappa shape index (κ3) is 4.31. The molecule has 1 saturated carbocycles. The number of halogens is 1. The molecule has 0 saturated heterocycles. The zero-order valence-corrected chi connectivity index (χ0v) is 13.0. The van der Waals surface area contributed by atoms with E-state index >= 15 is 0 Å². The Labute approximate surface area is 135 Å². The first-order valence-corrected chi connectivity index (χ1v) is 7.95. The molecule has 0 aliphatic heterocycles. The van der Waals surface area contributed by atoms with Crippen molar-refractivity contribution in [3.8, 4) is 5.75 Å². The topological polar surface area (TPSA) is 29.5 Å². The second-order valence-electron chi connectivity index (χ2n) is 5.77. The van der Waals surface area contributed by atoms with E-state index < -0.39 is 5.82 Å². The lowest BCUT2D eigenvalue weighted by atomic mass is 10.2. The molecule has 0 aromatic heterocycles. The van der Waals surface area contributed by atoms with Crippen LogP contribution in [0.1, 0.15) is 24.8 Å². The summed E-state index contributed by atoms with van der Waals surface area (Å²) in [6.07, 6.45) is 2.39. The quantitative estimate of drug-likeness (QED) is 0.778. The van der Waals surface area contributed by atoms with Gasteiger partial charge >= 0.3 is 0 Å². The van der Waals surface area contributed by atoms with Crippen molar-refractivity contribution < 1.29 is 13.9 Å². The van der Waals surface area contributed by atoms with Crippen molar-refractivity contribution in [2.75, 3.05) is 6.61 Å². The van der Waals surface area contributed by atoms with Gasteiger partial charge in [-0.3, -0.25) is 4.79 Å². The second-order valence-corrected chi connectivity index (χ2v) is 5.77. The highest BCUT2D eigenvalue weighted by Crippen LogP contribution is 2.29. The van der Waals surface area contributed by atoms with Crippen LogP contribution < -0.4 is 4.74 Å². The van der Waals surface area contributed by atoms with Crippen molar-refractivity contribution in [1.82, 2.24) is 4.90 Å². The molecule has 120 valence electrons. The third-order valence-corrected chi connectivity index (χ3v) is 3.91. The predicted molar refractivity (Wildman–Crippen MR) is 86.5 cm³/mol. The molecule has 0 unspecified atom stereocenters. The molecule has 4 heteroatoms. The molecule has 0 radical (unpaired) electrons. The average Bonchev–Trinajstić information content (AvgIpc) is 3.40. The Hall–Kier alpha value is -2.36. The van der Waals surface area contributed by atoms with E-state index in [4.69, 9.17) is 4.74 Å². The van der Waals surface area contributed by atoms with Crippen LogP contribution in [0.15, 0.2) is 54.6 Å². The maximum absolute atomic E-state index is 13.5. The van der Waals surface area contributed by atoms with Gasteiger partial charge in [-0.2, -0.15) is 0 Å². The zero-order valence-electron chi connectivity index (χ0n) is 13.0. The summed E-state index contributed by atoms with van der Waals surface area (Å²) in [4.78, 5) is 14.4. The zero-order chi connectivity index (χ0) is 16.1. The van der Waals surface area contributed by atoms with Gasteiger partial charge in [0.15, 0.2) is 11.6 Å². The molecule has 23 heavy (non-hydrogen) atoms. The Bertz CT molecular complexity index is 655. The predicted octanol–water partition coefficient (Wildman–Crippen LogP) is 3.79. The van der Waals surface area contributed by atoms with Crippen molar-refractivity contribution in [3.63, 3.8) is 0 Å². The molecule has 3 rings (SSSR count). The number of hydrogen-bond acceptors (Lipinski definition) is 2. The van der Waals surface area contributed by atoms with Gasteiger partial charge in [0.05, 0.1) is 13.0 Å². The van der Waals surface area contributed by atoms with E-state index in [1.807, 2.05) is 35.2 Å². The molecular weight excluding hydrogens is 293 g/mol. The lowest BCUT2D eigenvalue weighted by Gasteiger charge is -2.22. The van der Waals surface area contributed by atoms with Crippen LogP contribution in [-0.4, -0.2) is 23.5 Å². The molecule has 0 spiro atoms. The minimum atomic E-state index is -0.400. The first-order valence-electron chi connectivity index (χ1n) is 7.95. The van der Waals surface area contributed by atoms with Crippen molar-refractivity contribution in [2.45, 2.75) is 31.8 Å². The third-order valence-electron chi connectivity index (χ3n) is 3.91. The van der Waals surface area contributed by atoms with Crippen LogP contribution in [0.25, 0.3) is 0 Å². The van der Waals surface area contributed by atoms with Crippen LogP contribution >= 0.6 is 0 Å². The van der Waals surface area contributed by atoms with E-state index in [0.29, 0.717) is 12.6 Å². The van der Waals surface area contributed by atoms with Gasteiger partial charge in [-0.1, -0.05) is 42.5 Å². The van der Waals surface area contributed by atoms with Gasteiger partial charge in [-0.05, 0) is 30.5 Å². The molecule has 3 nitrogen and oxygen atoms in total. The van der Waals surface area contributed by atoms with Crippen molar-refractivity contribution in [1.29, 1.82) is 0 Å². The first-order chi connectivity index (χ1) is 11.2. The summed E-state index contributed by atoms with van der Waals surface area (Å²) in [7, 11) is 0. The number of benzene rings is 2. The maximum atomic E-state index is 13.5. The smallest absolute Gasteiger partial charge is 0.226 e. The van der Waals surface area contributed by atoms with Crippen molar-refractivity contribution in [2.24, 2.45) is 0 Å². The van der Waals surface area contributed by atoms with Crippen LogP contribution in [0, 0.1) is 5.82 Å². The molecular formula is C19H20FNO2. The summed E-state index contributed by atoms with van der Waals surface area (Å²) in [5.74, 6) is -0.141. The summed E-state index contributed by atoms with van der Waals surface area (Å²) in [5, 5.41) is 0. The average molecular weight is 313 g/mol. The van der Waals surface area contributed by atoms with Gasteiger partial charge < -0.3 is 9.64 Å². The number of ether oxygens (including phenoxy) is 1. The lowest BCUT2D eigenvalue weighted by Crippen LogP contribution is -2.33. The van der Waals surface area contributed by atoms with Gasteiger partial charge in [0.25, 0.3) is 0 Å². The van der Waals surface area contributed by atoms with Crippen LogP contribution in [0.4, 0.5) is 4.39 Å². The fourth-order valence-corrected chi connectivity index (χ4v) is 2.54. The molecule has 2 aromatic rings. The van der Waals surface area contributed by atoms with E-state index in [-0.39, 0.29) is 24.7 Å². The Kier molecular flexibility index (Phi) is 4.91. The SMILES string of the molecule is O=C(CCOc1ccccc1F)N(Cc1ccccc1)C1CC1. The number of rotatable bonds is 7. The molecule has 1 amide bonds. The molecule has 1 aliphatic carbocycles. The molecule has 1 fully saturated rings. The van der Waals surface area contributed by atoms with Crippen LogP contribution in [0.5, 0.6) is 5.75 Å². The monoisotopic (exact) mass is 313 g/mol. The fraction of sp³-hybridized carbons (Fsp3) is 0.316. The van der Waals surface area contributed by atoms with E-state index in [1.165, 1.54) is 6.07 Å². The highest BCUT2D eigenvalue weighted by Gasteiger charge is 2.32. The Morgan fingerprint density at radius 3 is 2.48 bits per heavy atom. The highest BCUT2D eigenvalue weighted by atomic mass is 19.1. The van der Waals surface area contributed by atoms with Crippen molar-refractivity contribution in [3.05, 3.63) is 66.0 Å². The van der Waals surface area contributed by atoms with Gasteiger partial charge in [0.2, 0.25) is 5.91 Å². The second kappa shape index (κ2) is 7.27. The maximum Gasteiger partial charge on any atom is 0.226 e. The lowest BCUT2D eigenvalue weighted by molar-refractivity contribution is -0.133. The van der Waals surface area contributed by atoms with Gasteiger partial charge in [0, 0.05) is 12.6 Å². The van der Waals surface area contributed by atoms with E-state index in [0.717, 1.165) is 18.4 Å². The fourth-order valence-electron chi connectivity index (χ4n) is 2.54. The summed E-state index contributed by atoms with van der Waals surface area (Å²) in [5.41, 5.74) is 1.13. The molecule has 0 atom stereocenters. The van der Waals surface area contributed by atoms with E-state index in [2.05, 4.69) is 0 Å². The number of nitrogens with zero attached hydrogens (tertiary/aromatic N) is 1. The van der Waals surface area contributed by atoms with Crippen LogP contribution in [0.3, 0.4) is 0 Å². The van der Waals surface area contributed by atoms with Gasteiger partial charge in [-0.15, -0.1) is 0 Å². The Balaban J connectivity index is 1.54. The number of carbonyl (C=O) groups is 1. The summed E-state index contributed by atoms with van der Waals surface area (Å²) in [6.45, 7) is 0.821. The molecule has 0 N–H and O–H groups in total. The van der Waals surface area contributed by atoms with Crippen molar-refractivity contribution >= 4 is 5.91 Å². The highest BCUT2D eigenvalue weighted by molar-refractivity contribution is 5.77. The number of carbonyl (C=O) groups excluding carboxylic acids is 1. The molecule has 1 aliphatic rings. The van der Waals surface area contributed by atoms with Gasteiger partial charge in [-0.25, -0.2) is 4.39 Å². The number of para-hydroxylation sites is 1. The minimum absolute atomic E-state index is 0.0627. The summed E-state index contributed by atoms with van der Waals surface area (Å²) < 4.78 is 18.9. The summed E-state index contributed by atoms with van der Waals surface area (Å²) in [6, 6.07) is 16.6. The number of hydrogen-bond donors (Lipinski definition) is 0. The normalized spacial score (nSPS) is 13.6. The summed E-state index contributed by atoms with van der Waals surface area (Å²) >= 11 is 0. The molecule has 2 aromatic carbocycles. The largest absolute Gasteiger partial charge is 0.490 e. The molecule has 0 bridgehead atoms. The number of amides is 1. The van der Waals surface area contributed by atoms with Crippen LogP contribution in [0.2, 0.25) is 0 Å². The standard InChI is InChI=1S/C19H20FNO2/c20-17-8-4-5-9-18(17)23-13-12-19(22)21(16-10-11-16)14-15-6-2-1-3-7-15/h1-9,16H,10-14H2. The Morgan fingerprint density at radius 2 is 1.78 bits per heavy atom. The Morgan fingerprint density at radius 1 is 1.09 bits per heavy atom. The first kappa shape index (κ1) is 15.5. The van der Waals surface area contributed by atoms with E-state index in [9.17, 15) is 9.18 Å². The van der Waals surface area contributed by atoms with Gasteiger partial charge in [0.1, 0.15) is 0 Å². The minimum Gasteiger partial charge on any atom is -0.490 e. The van der Waals surface area contributed by atoms with Crippen LogP contribution in [-0.2, 0) is 11.3 Å². The van der Waals surface area contributed by atoms with E-state index in [1.54, 1.807) is 18.2 Å². The molecule has 0 heterocycles.